The Hall–Kier alpha value is -1.02. The lowest BCUT2D eigenvalue weighted by Gasteiger charge is -2.06. The number of benzene rings is 1. The number of hydrogen-bond acceptors (Lipinski definition) is 2. The van der Waals surface area contributed by atoms with Gasteiger partial charge in [-0.15, -0.1) is 0 Å². The fraction of sp³-hybridized carbons (Fsp3) is 0.455. The van der Waals surface area contributed by atoms with Gasteiger partial charge in [0.05, 0.1) is 0 Å². The zero-order chi connectivity index (χ0) is 8.84. The molecular weight excluding hydrogens is 160 g/mol. The van der Waals surface area contributed by atoms with Crippen LogP contribution in [0.4, 0.5) is 5.69 Å². The molecule has 2 nitrogen and oxygen atoms in total. The number of rotatable bonds is 0. The molecule has 1 saturated heterocycles. The summed E-state index contributed by atoms with van der Waals surface area (Å²) in [5, 5.41) is 6.98. The molecule has 0 unspecified atom stereocenters. The predicted molar refractivity (Wildman–Crippen MR) is 54.2 cm³/mol. The molecule has 0 aliphatic carbocycles. The molecule has 3 rings (SSSR count). The van der Waals surface area contributed by atoms with Crippen LogP contribution in [0.15, 0.2) is 18.2 Å². The van der Waals surface area contributed by atoms with E-state index in [-0.39, 0.29) is 0 Å². The van der Waals surface area contributed by atoms with Gasteiger partial charge in [0.25, 0.3) is 0 Å². The molecule has 13 heavy (non-hydrogen) atoms. The highest BCUT2D eigenvalue weighted by Gasteiger charge is 2.35. The number of aryl methyl sites for hydroxylation is 1. The van der Waals surface area contributed by atoms with E-state index in [9.17, 15) is 0 Å². The largest absolute Gasteiger partial charge is 0.380 e. The van der Waals surface area contributed by atoms with Crippen LogP contribution in [0.2, 0.25) is 0 Å². The van der Waals surface area contributed by atoms with Gasteiger partial charge in [-0.1, -0.05) is 17.7 Å². The molecular formula is C11H14N2. The Labute approximate surface area is 78.3 Å². The van der Waals surface area contributed by atoms with Gasteiger partial charge in [-0.25, -0.2) is 0 Å². The summed E-state index contributed by atoms with van der Waals surface area (Å²) in [7, 11) is 0. The second-order valence-electron chi connectivity index (χ2n) is 4.11. The van der Waals surface area contributed by atoms with Crippen molar-refractivity contribution >= 4 is 5.69 Å². The second kappa shape index (κ2) is 2.48. The molecule has 2 aliphatic heterocycles. The summed E-state index contributed by atoms with van der Waals surface area (Å²) in [6.45, 7) is 4.41. The second-order valence-corrected chi connectivity index (χ2v) is 4.11. The van der Waals surface area contributed by atoms with Crippen LogP contribution in [0.5, 0.6) is 0 Å². The maximum Gasteiger partial charge on any atom is 0.0467 e. The quantitative estimate of drug-likeness (QED) is 0.622. The molecule has 2 heteroatoms. The van der Waals surface area contributed by atoms with Crippen molar-refractivity contribution in [2.24, 2.45) is 0 Å². The van der Waals surface area contributed by atoms with Crippen molar-refractivity contribution in [2.45, 2.75) is 18.9 Å². The van der Waals surface area contributed by atoms with Crippen LogP contribution in [0.3, 0.4) is 0 Å². The van der Waals surface area contributed by atoms with Gasteiger partial charge < -0.3 is 10.6 Å². The lowest BCUT2D eigenvalue weighted by Crippen LogP contribution is -2.20. The standard InChI is InChI=1S/C11H14N2/c1-7-2-3-10-8(4-7)9-5-12-6-11(9)13-10/h2-4,9,11-13H,5-6H2,1H3/t9-,11-/m0/s1. The van der Waals surface area contributed by atoms with E-state index < -0.39 is 0 Å². The maximum atomic E-state index is 3.56. The van der Waals surface area contributed by atoms with E-state index in [0.29, 0.717) is 12.0 Å². The van der Waals surface area contributed by atoms with Gasteiger partial charge in [-0.2, -0.15) is 0 Å². The van der Waals surface area contributed by atoms with E-state index >= 15 is 0 Å². The van der Waals surface area contributed by atoms with Crippen LogP contribution in [0.1, 0.15) is 17.0 Å². The van der Waals surface area contributed by atoms with Crippen LogP contribution < -0.4 is 10.6 Å². The van der Waals surface area contributed by atoms with Crippen LogP contribution in [0.25, 0.3) is 0 Å². The lowest BCUT2D eigenvalue weighted by atomic mass is 9.97. The maximum absolute atomic E-state index is 3.56. The number of fused-ring (bicyclic) bond motifs is 3. The average Bonchev–Trinajstić information content (AvgIpc) is 2.64. The van der Waals surface area contributed by atoms with Gasteiger partial charge in [-0.05, 0) is 18.6 Å². The molecule has 0 aromatic heterocycles. The van der Waals surface area contributed by atoms with E-state index in [1.54, 1.807) is 0 Å². The Morgan fingerprint density at radius 1 is 1.31 bits per heavy atom. The van der Waals surface area contributed by atoms with Crippen LogP contribution >= 0.6 is 0 Å². The first kappa shape index (κ1) is 7.39. The summed E-state index contributed by atoms with van der Waals surface area (Å²) in [5.41, 5.74) is 4.23. The van der Waals surface area contributed by atoms with Crippen molar-refractivity contribution in [3.63, 3.8) is 0 Å². The molecule has 1 aromatic carbocycles. The molecule has 0 amide bonds. The Morgan fingerprint density at radius 2 is 2.23 bits per heavy atom. The molecule has 1 aromatic rings. The summed E-state index contributed by atoms with van der Waals surface area (Å²) in [4.78, 5) is 0. The molecule has 2 atom stereocenters. The summed E-state index contributed by atoms with van der Waals surface area (Å²) < 4.78 is 0. The Balaban J connectivity index is 2.09. The smallest absolute Gasteiger partial charge is 0.0467 e. The molecule has 1 fully saturated rings. The van der Waals surface area contributed by atoms with Gasteiger partial charge in [0.1, 0.15) is 0 Å². The zero-order valence-electron chi connectivity index (χ0n) is 7.80. The monoisotopic (exact) mass is 174 g/mol. The molecule has 0 bridgehead atoms. The third-order valence-corrected chi connectivity index (χ3v) is 3.16. The summed E-state index contributed by atoms with van der Waals surface area (Å²) in [5.74, 6) is 0.704. The third kappa shape index (κ3) is 0.985. The fourth-order valence-corrected chi connectivity index (χ4v) is 2.48. The van der Waals surface area contributed by atoms with Gasteiger partial charge >= 0.3 is 0 Å². The van der Waals surface area contributed by atoms with Gasteiger partial charge in [0.2, 0.25) is 0 Å². The van der Waals surface area contributed by atoms with Crippen molar-refractivity contribution < 1.29 is 0 Å². The van der Waals surface area contributed by atoms with Crippen LogP contribution in [-0.4, -0.2) is 19.1 Å². The minimum atomic E-state index is 0.636. The normalized spacial score (nSPS) is 29.6. The Bertz CT molecular complexity index is 346. The fourth-order valence-electron chi connectivity index (χ4n) is 2.48. The highest BCUT2D eigenvalue weighted by atomic mass is 15.1. The van der Waals surface area contributed by atoms with Crippen molar-refractivity contribution in [1.29, 1.82) is 0 Å². The lowest BCUT2D eigenvalue weighted by molar-refractivity contribution is 0.736. The van der Waals surface area contributed by atoms with E-state index in [4.69, 9.17) is 0 Å². The number of anilines is 1. The molecule has 0 radical (unpaired) electrons. The first-order valence-electron chi connectivity index (χ1n) is 4.92. The number of hydrogen-bond donors (Lipinski definition) is 2. The first-order valence-corrected chi connectivity index (χ1v) is 4.92. The van der Waals surface area contributed by atoms with E-state index in [0.717, 1.165) is 13.1 Å². The van der Waals surface area contributed by atoms with Crippen LogP contribution in [-0.2, 0) is 0 Å². The minimum absolute atomic E-state index is 0.636. The molecule has 68 valence electrons. The molecule has 2 N–H and O–H groups in total. The van der Waals surface area contributed by atoms with Crippen molar-refractivity contribution in [3.8, 4) is 0 Å². The minimum Gasteiger partial charge on any atom is -0.380 e. The third-order valence-electron chi connectivity index (χ3n) is 3.16. The van der Waals surface area contributed by atoms with Crippen LogP contribution in [0, 0.1) is 6.92 Å². The summed E-state index contributed by atoms with van der Waals surface area (Å²) >= 11 is 0. The summed E-state index contributed by atoms with van der Waals surface area (Å²) in [6.07, 6.45) is 0. The molecule has 2 aliphatic rings. The predicted octanol–water partition coefficient (Wildman–Crippen LogP) is 1.48. The molecule has 0 saturated carbocycles. The van der Waals surface area contributed by atoms with Crippen molar-refractivity contribution in [3.05, 3.63) is 29.3 Å². The Kier molecular flexibility index (Phi) is 1.41. The highest BCUT2D eigenvalue weighted by molar-refractivity contribution is 5.61. The molecule has 0 spiro atoms. The van der Waals surface area contributed by atoms with E-state index in [2.05, 4.69) is 35.8 Å². The van der Waals surface area contributed by atoms with Gasteiger partial charge in [0.15, 0.2) is 0 Å². The molecule has 2 heterocycles. The van der Waals surface area contributed by atoms with E-state index in [1.807, 2.05) is 0 Å². The first-order chi connectivity index (χ1) is 6.34. The van der Waals surface area contributed by atoms with E-state index in [1.165, 1.54) is 16.8 Å². The van der Waals surface area contributed by atoms with Crippen molar-refractivity contribution in [1.82, 2.24) is 5.32 Å². The van der Waals surface area contributed by atoms with Gasteiger partial charge in [-0.3, -0.25) is 0 Å². The van der Waals surface area contributed by atoms with Gasteiger partial charge in [0, 0.05) is 30.7 Å². The highest BCUT2D eigenvalue weighted by Crippen LogP contribution is 2.37. The Morgan fingerprint density at radius 3 is 3.15 bits per heavy atom. The summed E-state index contributed by atoms with van der Waals surface area (Å²) in [6, 6.07) is 7.35. The van der Waals surface area contributed by atoms with Crippen molar-refractivity contribution in [2.75, 3.05) is 18.4 Å². The average molecular weight is 174 g/mol. The SMILES string of the molecule is Cc1ccc2c(c1)[C@@H]1CNC[C@@H]1N2. The number of nitrogens with one attached hydrogen (secondary N) is 2. The zero-order valence-corrected chi connectivity index (χ0v) is 7.80. The topological polar surface area (TPSA) is 24.1 Å².